The van der Waals surface area contributed by atoms with Gasteiger partial charge in [-0.05, 0) is 54.5 Å². The third-order valence-electron chi connectivity index (χ3n) is 6.58. The van der Waals surface area contributed by atoms with Crippen LogP contribution in [-0.2, 0) is 22.4 Å². The van der Waals surface area contributed by atoms with Gasteiger partial charge in [0.25, 0.3) is 5.84 Å². The van der Waals surface area contributed by atoms with Crippen LogP contribution in [0, 0.1) is 5.41 Å². The van der Waals surface area contributed by atoms with Gasteiger partial charge in [0, 0.05) is 23.9 Å². The predicted molar refractivity (Wildman–Crippen MR) is 137 cm³/mol. The second kappa shape index (κ2) is 9.88. The summed E-state index contributed by atoms with van der Waals surface area (Å²) in [5.41, 5.74) is 11.4. The molecule has 2 aromatic carbocycles. The Balaban J connectivity index is 1.37. The molecule has 5 N–H and O–H groups in total. The van der Waals surface area contributed by atoms with Gasteiger partial charge < -0.3 is 5.73 Å². The van der Waals surface area contributed by atoms with Crippen molar-refractivity contribution in [3.63, 3.8) is 0 Å². The van der Waals surface area contributed by atoms with E-state index >= 15 is 0 Å². The monoisotopic (exact) mass is 482 g/mol. The van der Waals surface area contributed by atoms with Gasteiger partial charge in [-0.2, -0.15) is 5.41 Å². The molecule has 0 amide bonds. The van der Waals surface area contributed by atoms with Crippen LogP contribution >= 0.6 is 0 Å². The van der Waals surface area contributed by atoms with Crippen LogP contribution < -0.4 is 16.3 Å². The number of nitrogens with one attached hydrogen (secondary N) is 1. The molecule has 36 heavy (non-hydrogen) atoms. The van der Waals surface area contributed by atoms with Crippen LogP contribution in [0.3, 0.4) is 0 Å². The van der Waals surface area contributed by atoms with Crippen molar-refractivity contribution in [3.05, 3.63) is 71.3 Å². The van der Waals surface area contributed by atoms with Crippen molar-refractivity contribution in [2.75, 3.05) is 5.73 Å². The molecule has 0 bridgehead atoms. The predicted octanol–water partition coefficient (Wildman–Crippen LogP) is 2.48. The molecule has 9 heteroatoms. The fourth-order valence-electron chi connectivity index (χ4n) is 4.50. The molecule has 0 spiro atoms. The molecule has 1 aliphatic carbocycles. The quantitative estimate of drug-likeness (QED) is 0.0856. The molecular weight excluding hydrogens is 454 g/mol. The summed E-state index contributed by atoms with van der Waals surface area (Å²) in [7, 11) is 0. The third kappa shape index (κ3) is 4.84. The van der Waals surface area contributed by atoms with E-state index in [0.29, 0.717) is 29.8 Å². The highest BCUT2D eigenvalue weighted by atomic mass is 16.2. The molecule has 1 saturated carbocycles. The molecule has 9 nitrogen and oxygen atoms in total. The van der Waals surface area contributed by atoms with Gasteiger partial charge in [0.1, 0.15) is 11.7 Å². The van der Waals surface area contributed by atoms with E-state index in [0.717, 1.165) is 42.5 Å². The summed E-state index contributed by atoms with van der Waals surface area (Å²) in [6.07, 6.45) is 6.33. The van der Waals surface area contributed by atoms with E-state index in [1.54, 1.807) is 24.3 Å². The molecule has 1 fully saturated rings. The van der Waals surface area contributed by atoms with E-state index in [2.05, 4.69) is 16.2 Å². The normalized spacial score (nSPS) is 15.4. The van der Waals surface area contributed by atoms with Crippen LogP contribution in [0.1, 0.15) is 42.0 Å². The molecule has 1 aromatic heterocycles. The number of nitrogens with zero attached hydrogens (tertiary/aromatic N) is 4. The molecule has 1 unspecified atom stereocenters. The largest absolute Gasteiger partial charge is 0.317 e. The highest BCUT2D eigenvalue weighted by Crippen LogP contribution is 2.32. The number of aryl methyl sites for hydroxylation is 1. The lowest BCUT2D eigenvalue weighted by Gasteiger charge is -2.25. The van der Waals surface area contributed by atoms with Gasteiger partial charge >= 0.3 is 0 Å². The van der Waals surface area contributed by atoms with Gasteiger partial charge in [-0.1, -0.05) is 36.4 Å². The first-order valence-electron chi connectivity index (χ1n) is 12.0. The van der Waals surface area contributed by atoms with Crippen LogP contribution in [0.5, 0.6) is 0 Å². The highest BCUT2D eigenvalue weighted by Gasteiger charge is 2.36. The number of benzene rings is 2. The number of nitrogens with two attached hydrogens (primary N) is 2. The second-order valence-corrected chi connectivity index (χ2v) is 9.22. The van der Waals surface area contributed by atoms with Crippen LogP contribution in [0.4, 0.5) is 11.5 Å². The smallest absolute Gasteiger partial charge is 0.258 e. The summed E-state index contributed by atoms with van der Waals surface area (Å²) in [4.78, 5) is 27.9. The third-order valence-corrected chi connectivity index (χ3v) is 6.58. The summed E-state index contributed by atoms with van der Waals surface area (Å²) in [5, 5.41) is 14.8. The zero-order valence-electron chi connectivity index (χ0n) is 19.8. The number of hydrogen-bond acceptors (Lipinski definition) is 8. The zero-order valence-corrected chi connectivity index (χ0v) is 19.8. The van der Waals surface area contributed by atoms with Gasteiger partial charge in [0.2, 0.25) is 11.6 Å². The minimum atomic E-state index is -0.802. The summed E-state index contributed by atoms with van der Waals surface area (Å²) >= 11 is 0. The number of aromatic nitrogens is 2. The van der Waals surface area contributed by atoms with Crippen molar-refractivity contribution in [3.8, 4) is 11.3 Å². The summed E-state index contributed by atoms with van der Waals surface area (Å²) in [6, 6.07) is 16.1. The lowest BCUT2D eigenvalue weighted by molar-refractivity contribution is -0.608. The Morgan fingerprint density at radius 1 is 1.17 bits per heavy atom. The highest BCUT2D eigenvalue weighted by molar-refractivity contribution is 6.27. The Hall–Kier alpha value is -4.08. The van der Waals surface area contributed by atoms with Crippen molar-refractivity contribution in [1.29, 1.82) is 5.41 Å². The number of hydrazine groups is 1. The Morgan fingerprint density at radius 2 is 1.94 bits per heavy atom. The standard InChI is InChI=1S/C27H27N7O2/c28-25-12-11-23(18-4-6-19(7-5-18)27(24(36)16-35)33(30)21-8-9-21)32-34(25)26(29)15-17-3-10-22-20(14-17)2-1-13-31-22/h3-7,10-14,16,21,27-29H,1-2,8-9,15,30H2/p+1. The summed E-state index contributed by atoms with van der Waals surface area (Å²) in [6.45, 7) is 0. The van der Waals surface area contributed by atoms with Crippen molar-refractivity contribution in [1.82, 2.24) is 10.1 Å². The maximum atomic E-state index is 12.3. The first-order valence-corrected chi connectivity index (χ1v) is 12.0. The van der Waals surface area contributed by atoms with Crippen LogP contribution in [0.15, 0.2) is 59.6 Å². The van der Waals surface area contributed by atoms with Crippen LogP contribution in [-0.4, -0.2) is 40.3 Å². The van der Waals surface area contributed by atoms with Crippen molar-refractivity contribution >= 4 is 35.6 Å². The topological polar surface area (TPSA) is 142 Å². The number of rotatable bonds is 8. The van der Waals surface area contributed by atoms with E-state index in [4.69, 9.17) is 17.0 Å². The molecule has 5 rings (SSSR count). The van der Waals surface area contributed by atoms with E-state index in [-0.39, 0.29) is 11.9 Å². The average Bonchev–Trinajstić information content (AvgIpc) is 3.75. The lowest BCUT2D eigenvalue weighted by Crippen LogP contribution is -2.49. The average molecular weight is 483 g/mol. The van der Waals surface area contributed by atoms with Gasteiger partial charge in [0.15, 0.2) is 6.29 Å². The van der Waals surface area contributed by atoms with Gasteiger partial charge in [0.05, 0.1) is 12.1 Å². The van der Waals surface area contributed by atoms with Gasteiger partial charge in [-0.15, -0.1) is 9.78 Å². The van der Waals surface area contributed by atoms with Gasteiger partial charge in [-0.3, -0.25) is 20.4 Å². The van der Waals surface area contributed by atoms with Crippen molar-refractivity contribution < 1.29 is 14.3 Å². The van der Waals surface area contributed by atoms with Crippen molar-refractivity contribution in [2.24, 2.45) is 10.8 Å². The molecule has 2 aliphatic rings. The molecule has 1 aliphatic heterocycles. The number of aldehydes is 1. The van der Waals surface area contributed by atoms with E-state index in [9.17, 15) is 9.59 Å². The Labute approximate surface area is 208 Å². The Morgan fingerprint density at radius 3 is 2.67 bits per heavy atom. The zero-order chi connectivity index (χ0) is 25.2. The number of hydrogen-bond donors (Lipinski definition) is 3. The number of carbonyl (C=O) groups excluding carboxylic acids is 2. The van der Waals surface area contributed by atoms with E-state index in [1.165, 1.54) is 15.3 Å². The molecule has 1 atom stereocenters. The number of fused-ring (bicyclic) bond motifs is 1. The number of aliphatic imine (C=N–C) groups is 1. The van der Waals surface area contributed by atoms with Gasteiger partial charge in [-0.25, -0.2) is 5.01 Å². The molecular formula is C27H28N7O2+. The maximum absolute atomic E-state index is 12.3. The number of nitrogen functional groups attached to an aromatic ring is 1. The molecule has 0 saturated heterocycles. The van der Waals surface area contributed by atoms with Crippen LogP contribution in [0.2, 0.25) is 0 Å². The summed E-state index contributed by atoms with van der Waals surface area (Å²) in [5.74, 6) is 6.20. The van der Waals surface area contributed by atoms with Crippen molar-refractivity contribution in [2.45, 2.75) is 44.2 Å². The maximum Gasteiger partial charge on any atom is 0.258 e. The number of carbonyl (C=O) groups is 2. The molecule has 0 radical (unpaired) electrons. The Bertz CT molecular complexity index is 1360. The number of ketones is 1. The SMILES string of the molecule is N=C(Cc1ccc2c(c1)CCC=N2)[n+]1nc(-c2ccc(C(C(=O)C=O)N(N)C3CC3)cc2)ccc1N. The number of Topliss-reactive ketones (excluding diaryl/α,β-unsaturated/α-hetero) is 1. The van der Waals surface area contributed by atoms with E-state index in [1.807, 2.05) is 30.5 Å². The molecule has 2 heterocycles. The summed E-state index contributed by atoms with van der Waals surface area (Å²) < 4.78 is 1.44. The first kappa shape index (κ1) is 23.7. The fraction of sp³-hybridized carbons (Fsp3) is 0.259. The first-order chi connectivity index (χ1) is 17.4. The van der Waals surface area contributed by atoms with Crippen LogP contribution in [0.25, 0.3) is 11.3 Å². The van der Waals surface area contributed by atoms with E-state index < -0.39 is 11.8 Å². The Kier molecular flexibility index (Phi) is 6.49. The fourth-order valence-corrected chi connectivity index (χ4v) is 4.50. The minimum absolute atomic E-state index is 0.116. The minimum Gasteiger partial charge on any atom is -0.317 e. The number of anilines is 1. The second-order valence-electron chi connectivity index (χ2n) is 9.22. The molecule has 3 aromatic rings. The lowest BCUT2D eigenvalue weighted by atomic mass is 10.00. The molecule has 182 valence electrons.